The molecule has 19 heavy (non-hydrogen) atoms. The van der Waals surface area contributed by atoms with Crippen LogP contribution in [0.25, 0.3) is 0 Å². The molecule has 6 heteroatoms. The zero-order valence-electron chi connectivity index (χ0n) is 10.9. The molecule has 0 atom stereocenters. The minimum absolute atomic E-state index is 0.0501. The van der Waals surface area contributed by atoms with Gasteiger partial charge in [0.2, 0.25) is 11.8 Å². The fourth-order valence-corrected chi connectivity index (χ4v) is 1.49. The summed E-state index contributed by atoms with van der Waals surface area (Å²) < 4.78 is 5.04. The number of para-hydroxylation sites is 1. The Morgan fingerprint density at radius 1 is 1.26 bits per heavy atom. The standard InChI is InChI=1S/C13H19N3O3/c1-15-12(17)8-10-4-2-3-5-11(10)16-13(18)9-19-7-6-14/h2-5H,6-9,14H2,1H3,(H,15,17)(H,16,18). The summed E-state index contributed by atoms with van der Waals surface area (Å²) in [5.41, 5.74) is 6.64. The van der Waals surface area contributed by atoms with Crippen LogP contribution >= 0.6 is 0 Å². The largest absolute Gasteiger partial charge is 0.370 e. The molecule has 0 bridgehead atoms. The average molecular weight is 265 g/mol. The molecule has 2 amide bonds. The fourth-order valence-electron chi connectivity index (χ4n) is 1.49. The number of carbonyl (C=O) groups is 2. The third-order valence-corrected chi connectivity index (χ3v) is 2.42. The number of rotatable bonds is 7. The predicted octanol–water partition coefficient (Wildman–Crippen LogP) is -0.111. The van der Waals surface area contributed by atoms with Crippen LogP contribution in [0.3, 0.4) is 0 Å². The molecule has 0 aliphatic rings. The van der Waals surface area contributed by atoms with Crippen molar-refractivity contribution in [2.75, 3.05) is 32.1 Å². The molecule has 104 valence electrons. The van der Waals surface area contributed by atoms with E-state index in [4.69, 9.17) is 10.5 Å². The number of hydrogen-bond acceptors (Lipinski definition) is 4. The van der Waals surface area contributed by atoms with Gasteiger partial charge in [0.1, 0.15) is 6.61 Å². The SMILES string of the molecule is CNC(=O)Cc1ccccc1NC(=O)COCCN. The summed E-state index contributed by atoms with van der Waals surface area (Å²) in [6.07, 6.45) is 0.219. The van der Waals surface area contributed by atoms with Crippen molar-refractivity contribution >= 4 is 17.5 Å². The summed E-state index contributed by atoms with van der Waals surface area (Å²) in [5, 5.41) is 5.26. The van der Waals surface area contributed by atoms with E-state index in [2.05, 4.69) is 10.6 Å². The Balaban J connectivity index is 2.61. The first-order valence-corrected chi connectivity index (χ1v) is 6.03. The van der Waals surface area contributed by atoms with Crippen molar-refractivity contribution in [1.29, 1.82) is 0 Å². The van der Waals surface area contributed by atoms with Crippen LogP contribution in [0.5, 0.6) is 0 Å². The Bertz CT molecular complexity index is 435. The normalized spacial score (nSPS) is 10.0. The second kappa shape index (κ2) is 8.23. The van der Waals surface area contributed by atoms with Crippen molar-refractivity contribution in [2.24, 2.45) is 5.73 Å². The van der Waals surface area contributed by atoms with Crippen LogP contribution in [-0.2, 0) is 20.7 Å². The Morgan fingerprint density at radius 3 is 2.68 bits per heavy atom. The van der Waals surface area contributed by atoms with Crippen LogP contribution in [0.2, 0.25) is 0 Å². The monoisotopic (exact) mass is 265 g/mol. The van der Waals surface area contributed by atoms with Gasteiger partial charge in [0.05, 0.1) is 13.0 Å². The minimum atomic E-state index is -0.266. The summed E-state index contributed by atoms with van der Waals surface area (Å²) in [6, 6.07) is 7.16. The van der Waals surface area contributed by atoms with Gasteiger partial charge in [0, 0.05) is 19.3 Å². The van der Waals surface area contributed by atoms with Gasteiger partial charge < -0.3 is 21.1 Å². The Hall–Kier alpha value is -1.92. The quantitative estimate of drug-likeness (QED) is 0.600. The van der Waals surface area contributed by atoms with E-state index in [0.29, 0.717) is 18.8 Å². The Labute approximate surface area is 112 Å². The summed E-state index contributed by atoms with van der Waals surface area (Å²) in [5.74, 6) is -0.376. The van der Waals surface area contributed by atoms with E-state index in [1.165, 1.54) is 0 Å². The van der Waals surface area contributed by atoms with Crippen molar-refractivity contribution in [3.63, 3.8) is 0 Å². The van der Waals surface area contributed by atoms with Crippen LogP contribution in [0.15, 0.2) is 24.3 Å². The van der Waals surface area contributed by atoms with Gasteiger partial charge in [0.25, 0.3) is 0 Å². The number of amides is 2. The first kappa shape index (κ1) is 15.1. The van der Waals surface area contributed by atoms with Gasteiger partial charge in [-0.3, -0.25) is 9.59 Å². The topological polar surface area (TPSA) is 93.5 Å². The highest BCUT2D eigenvalue weighted by Crippen LogP contribution is 2.15. The third kappa shape index (κ3) is 5.50. The molecule has 1 aromatic rings. The van der Waals surface area contributed by atoms with E-state index in [-0.39, 0.29) is 24.8 Å². The van der Waals surface area contributed by atoms with Gasteiger partial charge in [-0.15, -0.1) is 0 Å². The number of likely N-dealkylation sites (N-methyl/N-ethyl adjacent to an activating group) is 1. The second-order valence-corrected chi connectivity index (χ2v) is 3.90. The summed E-state index contributed by atoms with van der Waals surface area (Å²) in [6.45, 7) is 0.666. The van der Waals surface area contributed by atoms with Crippen LogP contribution in [0.4, 0.5) is 5.69 Å². The highest BCUT2D eigenvalue weighted by Gasteiger charge is 2.09. The molecule has 0 fully saturated rings. The smallest absolute Gasteiger partial charge is 0.250 e. The maximum Gasteiger partial charge on any atom is 0.250 e. The van der Waals surface area contributed by atoms with Gasteiger partial charge in [0.15, 0.2) is 0 Å². The molecular formula is C13H19N3O3. The van der Waals surface area contributed by atoms with E-state index in [0.717, 1.165) is 5.56 Å². The van der Waals surface area contributed by atoms with E-state index >= 15 is 0 Å². The summed E-state index contributed by atoms with van der Waals surface area (Å²) in [7, 11) is 1.57. The zero-order valence-corrected chi connectivity index (χ0v) is 10.9. The fraction of sp³-hybridized carbons (Fsp3) is 0.385. The van der Waals surface area contributed by atoms with Crippen molar-refractivity contribution in [2.45, 2.75) is 6.42 Å². The lowest BCUT2D eigenvalue weighted by Gasteiger charge is -2.10. The van der Waals surface area contributed by atoms with E-state index in [1.807, 2.05) is 6.07 Å². The van der Waals surface area contributed by atoms with E-state index < -0.39 is 0 Å². The number of nitrogens with two attached hydrogens (primary N) is 1. The molecule has 0 spiro atoms. The third-order valence-electron chi connectivity index (χ3n) is 2.42. The molecule has 0 heterocycles. The van der Waals surface area contributed by atoms with E-state index in [9.17, 15) is 9.59 Å². The molecular weight excluding hydrogens is 246 g/mol. The average Bonchev–Trinajstić information content (AvgIpc) is 2.41. The molecule has 4 N–H and O–H groups in total. The molecule has 1 aromatic carbocycles. The number of nitrogens with one attached hydrogen (secondary N) is 2. The van der Waals surface area contributed by atoms with Gasteiger partial charge in [-0.25, -0.2) is 0 Å². The van der Waals surface area contributed by atoms with Crippen molar-refractivity contribution < 1.29 is 14.3 Å². The summed E-state index contributed by atoms with van der Waals surface area (Å²) >= 11 is 0. The van der Waals surface area contributed by atoms with Crippen LogP contribution < -0.4 is 16.4 Å². The molecule has 0 radical (unpaired) electrons. The molecule has 0 saturated carbocycles. The Kier molecular flexibility index (Phi) is 6.56. The van der Waals surface area contributed by atoms with Crippen LogP contribution in [-0.4, -0.2) is 38.6 Å². The number of ether oxygens (including phenoxy) is 1. The second-order valence-electron chi connectivity index (χ2n) is 3.90. The highest BCUT2D eigenvalue weighted by molar-refractivity contribution is 5.93. The lowest BCUT2D eigenvalue weighted by molar-refractivity contribution is -0.121. The van der Waals surface area contributed by atoms with E-state index in [1.54, 1.807) is 25.2 Å². The number of hydrogen-bond donors (Lipinski definition) is 3. The zero-order chi connectivity index (χ0) is 14.1. The van der Waals surface area contributed by atoms with Gasteiger partial charge in [-0.1, -0.05) is 18.2 Å². The molecule has 0 aliphatic heterocycles. The maximum absolute atomic E-state index is 11.6. The minimum Gasteiger partial charge on any atom is -0.370 e. The van der Waals surface area contributed by atoms with Gasteiger partial charge in [-0.2, -0.15) is 0 Å². The summed E-state index contributed by atoms with van der Waals surface area (Å²) in [4.78, 5) is 23.0. The first-order valence-electron chi connectivity index (χ1n) is 6.03. The molecule has 0 saturated heterocycles. The molecule has 0 aromatic heterocycles. The molecule has 6 nitrogen and oxygen atoms in total. The first-order chi connectivity index (χ1) is 9.17. The lowest BCUT2D eigenvalue weighted by atomic mass is 10.1. The maximum atomic E-state index is 11.6. The number of anilines is 1. The van der Waals surface area contributed by atoms with Crippen LogP contribution in [0.1, 0.15) is 5.56 Å². The van der Waals surface area contributed by atoms with Gasteiger partial charge >= 0.3 is 0 Å². The number of benzene rings is 1. The van der Waals surface area contributed by atoms with Crippen molar-refractivity contribution in [3.05, 3.63) is 29.8 Å². The predicted molar refractivity (Wildman–Crippen MR) is 72.7 cm³/mol. The Morgan fingerprint density at radius 2 is 2.00 bits per heavy atom. The number of carbonyl (C=O) groups excluding carboxylic acids is 2. The molecule has 0 unspecified atom stereocenters. The van der Waals surface area contributed by atoms with Crippen molar-refractivity contribution in [1.82, 2.24) is 5.32 Å². The van der Waals surface area contributed by atoms with Crippen molar-refractivity contribution in [3.8, 4) is 0 Å². The molecule has 1 rings (SSSR count). The molecule has 0 aliphatic carbocycles. The van der Waals surface area contributed by atoms with Gasteiger partial charge in [-0.05, 0) is 11.6 Å². The van der Waals surface area contributed by atoms with Crippen LogP contribution in [0, 0.1) is 0 Å². The lowest BCUT2D eigenvalue weighted by Crippen LogP contribution is -2.23. The highest BCUT2D eigenvalue weighted by atomic mass is 16.5.